The second-order valence-electron chi connectivity index (χ2n) is 4.68. The number of ether oxygens (including phenoxy) is 2. The van der Waals surface area contributed by atoms with Crippen molar-refractivity contribution in [2.24, 2.45) is 0 Å². The fraction of sp³-hybridized carbons (Fsp3) is 0.118. The minimum atomic E-state index is -1.02. The fourth-order valence-corrected chi connectivity index (χ4v) is 2.24. The van der Waals surface area contributed by atoms with Crippen LogP contribution in [0.3, 0.4) is 0 Å². The molecule has 0 saturated heterocycles. The van der Waals surface area contributed by atoms with Crippen LogP contribution in [-0.2, 0) is 6.61 Å². The zero-order chi connectivity index (χ0) is 15.5. The molecule has 1 N–H and O–H groups in total. The number of carboxylic acids is 1. The average molecular weight is 298 g/mol. The molecule has 0 aliphatic rings. The molecule has 0 aliphatic heterocycles. The lowest BCUT2D eigenvalue weighted by Crippen LogP contribution is -1.96. The molecule has 0 radical (unpaired) electrons. The highest BCUT2D eigenvalue weighted by atomic mass is 16.5. The second-order valence-corrected chi connectivity index (χ2v) is 4.68. The molecule has 112 valence electrons. The SMILES string of the molecule is COc1ccccc1OCc1cc2cccc(C(=O)O)c2o1. The molecule has 0 spiro atoms. The van der Waals surface area contributed by atoms with Crippen molar-refractivity contribution in [3.05, 3.63) is 59.9 Å². The average Bonchev–Trinajstić information content (AvgIpc) is 2.95. The number of fused-ring (bicyclic) bond motifs is 1. The standard InChI is InChI=1S/C17H14O5/c1-20-14-7-2-3-8-15(14)21-10-12-9-11-5-4-6-13(17(18)19)16(11)22-12/h2-9H,10H2,1H3,(H,18,19). The van der Waals surface area contributed by atoms with Crippen LogP contribution in [0.4, 0.5) is 0 Å². The van der Waals surface area contributed by atoms with Gasteiger partial charge in [0.2, 0.25) is 0 Å². The molecule has 2 aromatic carbocycles. The first-order valence-electron chi connectivity index (χ1n) is 6.69. The lowest BCUT2D eigenvalue weighted by atomic mass is 10.1. The number of carboxylic acid groups (broad SMARTS) is 1. The normalized spacial score (nSPS) is 10.6. The van der Waals surface area contributed by atoms with Gasteiger partial charge in [0.1, 0.15) is 23.5 Å². The summed E-state index contributed by atoms with van der Waals surface area (Å²) in [6.07, 6.45) is 0. The molecule has 0 atom stereocenters. The highest BCUT2D eigenvalue weighted by Gasteiger charge is 2.13. The maximum absolute atomic E-state index is 11.2. The molecule has 0 amide bonds. The smallest absolute Gasteiger partial charge is 0.339 e. The van der Waals surface area contributed by atoms with E-state index < -0.39 is 5.97 Å². The Morgan fingerprint density at radius 2 is 1.91 bits per heavy atom. The number of benzene rings is 2. The third kappa shape index (κ3) is 2.61. The first kappa shape index (κ1) is 14.0. The van der Waals surface area contributed by atoms with Crippen LogP contribution >= 0.6 is 0 Å². The van der Waals surface area contributed by atoms with Gasteiger partial charge in [0, 0.05) is 5.39 Å². The van der Waals surface area contributed by atoms with Crippen molar-refractivity contribution in [3.8, 4) is 11.5 Å². The number of hydrogen-bond donors (Lipinski definition) is 1. The van der Waals surface area contributed by atoms with Gasteiger partial charge in [0.05, 0.1) is 7.11 Å². The Morgan fingerprint density at radius 1 is 1.14 bits per heavy atom. The van der Waals surface area contributed by atoms with Crippen LogP contribution in [0.15, 0.2) is 52.9 Å². The minimum absolute atomic E-state index is 0.140. The van der Waals surface area contributed by atoms with E-state index in [9.17, 15) is 4.79 Å². The van der Waals surface area contributed by atoms with Gasteiger partial charge in [-0.05, 0) is 24.3 Å². The number of carbonyl (C=O) groups is 1. The number of hydrogen-bond acceptors (Lipinski definition) is 4. The Labute approximate surface area is 126 Å². The lowest BCUT2D eigenvalue weighted by molar-refractivity contribution is 0.0697. The van der Waals surface area contributed by atoms with Gasteiger partial charge in [0.15, 0.2) is 11.5 Å². The van der Waals surface area contributed by atoms with Gasteiger partial charge in [-0.25, -0.2) is 4.79 Å². The second kappa shape index (κ2) is 5.81. The van der Waals surface area contributed by atoms with E-state index in [0.29, 0.717) is 22.8 Å². The summed E-state index contributed by atoms with van der Waals surface area (Å²) >= 11 is 0. The maximum atomic E-state index is 11.2. The molecule has 1 aromatic heterocycles. The van der Waals surface area contributed by atoms with Gasteiger partial charge in [-0.15, -0.1) is 0 Å². The van der Waals surface area contributed by atoms with Gasteiger partial charge in [-0.1, -0.05) is 24.3 Å². The van der Waals surface area contributed by atoms with Crippen molar-refractivity contribution in [2.45, 2.75) is 6.61 Å². The largest absolute Gasteiger partial charge is 0.493 e. The summed E-state index contributed by atoms with van der Waals surface area (Å²) in [5.74, 6) is 0.764. The van der Waals surface area contributed by atoms with Gasteiger partial charge in [0.25, 0.3) is 0 Å². The molecule has 22 heavy (non-hydrogen) atoms. The van der Waals surface area contributed by atoms with Crippen LogP contribution in [0, 0.1) is 0 Å². The zero-order valence-electron chi connectivity index (χ0n) is 11.9. The van der Waals surface area contributed by atoms with E-state index in [1.54, 1.807) is 37.4 Å². The van der Waals surface area contributed by atoms with E-state index in [4.69, 9.17) is 19.0 Å². The van der Waals surface area contributed by atoms with Crippen molar-refractivity contribution in [1.29, 1.82) is 0 Å². The number of methoxy groups -OCH3 is 1. The van der Waals surface area contributed by atoms with Crippen LogP contribution in [-0.4, -0.2) is 18.2 Å². The summed E-state index contributed by atoms with van der Waals surface area (Å²) in [7, 11) is 1.57. The molecular weight excluding hydrogens is 284 g/mol. The van der Waals surface area contributed by atoms with Crippen LogP contribution in [0.1, 0.15) is 16.1 Å². The van der Waals surface area contributed by atoms with E-state index in [0.717, 1.165) is 5.39 Å². The van der Waals surface area contributed by atoms with E-state index in [-0.39, 0.29) is 12.2 Å². The van der Waals surface area contributed by atoms with E-state index in [1.807, 2.05) is 12.1 Å². The van der Waals surface area contributed by atoms with Crippen molar-refractivity contribution in [1.82, 2.24) is 0 Å². The van der Waals surface area contributed by atoms with Gasteiger partial charge in [-0.2, -0.15) is 0 Å². The van der Waals surface area contributed by atoms with Gasteiger partial charge >= 0.3 is 5.97 Å². The number of aromatic carboxylic acids is 1. The van der Waals surface area contributed by atoms with Crippen molar-refractivity contribution in [2.75, 3.05) is 7.11 Å². The van der Waals surface area contributed by atoms with Crippen LogP contribution in [0.25, 0.3) is 11.0 Å². The monoisotopic (exact) mass is 298 g/mol. The summed E-state index contributed by atoms with van der Waals surface area (Å²) in [6.45, 7) is 0.189. The van der Waals surface area contributed by atoms with E-state index >= 15 is 0 Å². The fourth-order valence-electron chi connectivity index (χ4n) is 2.24. The summed E-state index contributed by atoms with van der Waals surface area (Å²) in [4.78, 5) is 11.2. The Morgan fingerprint density at radius 3 is 2.64 bits per heavy atom. The Balaban J connectivity index is 1.86. The molecular formula is C17H14O5. The molecule has 0 bridgehead atoms. The lowest BCUT2D eigenvalue weighted by Gasteiger charge is -2.08. The summed E-state index contributed by atoms with van der Waals surface area (Å²) in [5.41, 5.74) is 0.495. The van der Waals surface area contributed by atoms with Crippen molar-refractivity contribution in [3.63, 3.8) is 0 Å². The summed E-state index contributed by atoms with van der Waals surface area (Å²) < 4.78 is 16.5. The molecule has 0 fully saturated rings. The topological polar surface area (TPSA) is 68.9 Å². The summed E-state index contributed by atoms with van der Waals surface area (Å²) in [6, 6.07) is 14.1. The molecule has 0 saturated carbocycles. The van der Waals surface area contributed by atoms with Crippen molar-refractivity contribution >= 4 is 16.9 Å². The Hall–Kier alpha value is -2.95. The Kier molecular flexibility index (Phi) is 3.70. The maximum Gasteiger partial charge on any atom is 0.339 e. The van der Waals surface area contributed by atoms with Crippen molar-refractivity contribution < 1.29 is 23.8 Å². The van der Waals surface area contributed by atoms with Crippen LogP contribution in [0.2, 0.25) is 0 Å². The predicted octanol–water partition coefficient (Wildman–Crippen LogP) is 3.72. The van der Waals surface area contributed by atoms with Crippen LogP contribution in [0.5, 0.6) is 11.5 Å². The number of rotatable bonds is 5. The molecule has 3 aromatic rings. The third-order valence-corrected chi connectivity index (χ3v) is 3.26. The van der Waals surface area contributed by atoms with E-state index in [2.05, 4.69) is 0 Å². The van der Waals surface area contributed by atoms with Gasteiger partial charge in [-0.3, -0.25) is 0 Å². The highest BCUT2D eigenvalue weighted by molar-refractivity contribution is 6.01. The third-order valence-electron chi connectivity index (χ3n) is 3.26. The first-order chi connectivity index (χ1) is 10.7. The molecule has 1 heterocycles. The molecule has 0 unspecified atom stereocenters. The predicted molar refractivity (Wildman–Crippen MR) is 80.5 cm³/mol. The van der Waals surface area contributed by atoms with Crippen LogP contribution < -0.4 is 9.47 Å². The Bertz CT molecular complexity index is 819. The molecule has 0 aliphatic carbocycles. The molecule has 5 nitrogen and oxygen atoms in total. The first-order valence-corrected chi connectivity index (χ1v) is 6.69. The van der Waals surface area contributed by atoms with Gasteiger partial charge < -0.3 is 19.0 Å². The summed E-state index contributed by atoms with van der Waals surface area (Å²) in [5, 5.41) is 9.90. The highest BCUT2D eigenvalue weighted by Crippen LogP contribution is 2.28. The minimum Gasteiger partial charge on any atom is -0.493 e. The molecule has 3 rings (SSSR count). The van der Waals surface area contributed by atoms with E-state index in [1.165, 1.54) is 6.07 Å². The quantitative estimate of drug-likeness (QED) is 0.777. The number of para-hydroxylation sites is 3. The zero-order valence-corrected chi connectivity index (χ0v) is 11.9. The number of furan rings is 1. The molecule has 5 heteroatoms.